The van der Waals surface area contributed by atoms with E-state index in [1.807, 2.05) is 6.07 Å². The van der Waals surface area contributed by atoms with Gasteiger partial charge >= 0.3 is 0 Å². The van der Waals surface area contributed by atoms with Crippen LogP contribution in [0.25, 0.3) is 11.1 Å². The summed E-state index contributed by atoms with van der Waals surface area (Å²) in [7, 11) is 1.72. The number of aryl methyl sites for hydroxylation is 1. The van der Waals surface area contributed by atoms with E-state index in [0.29, 0.717) is 0 Å². The average Bonchev–Trinajstić information content (AvgIpc) is 3.34. The summed E-state index contributed by atoms with van der Waals surface area (Å²) in [6, 6.07) is 54.7. The summed E-state index contributed by atoms with van der Waals surface area (Å²) in [6.45, 7) is 2.15. The van der Waals surface area contributed by atoms with Crippen molar-refractivity contribution in [3.63, 3.8) is 0 Å². The molecular formula is C39H31NO. The third kappa shape index (κ3) is 3.95. The van der Waals surface area contributed by atoms with Gasteiger partial charge in [-0.3, -0.25) is 0 Å². The van der Waals surface area contributed by atoms with Crippen LogP contribution in [0.3, 0.4) is 0 Å². The van der Waals surface area contributed by atoms with Gasteiger partial charge in [-0.2, -0.15) is 0 Å². The highest BCUT2D eigenvalue weighted by Crippen LogP contribution is 2.57. The van der Waals surface area contributed by atoms with E-state index in [2.05, 4.69) is 157 Å². The molecule has 0 amide bonds. The van der Waals surface area contributed by atoms with Crippen LogP contribution in [0.5, 0.6) is 5.75 Å². The van der Waals surface area contributed by atoms with Gasteiger partial charge in [-0.05, 0) is 88.3 Å². The molecule has 0 N–H and O–H groups in total. The lowest BCUT2D eigenvalue weighted by molar-refractivity contribution is 0.414. The van der Waals surface area contributed by atoms with Crippen LogP contribution in [0.4, 0.5) is 17.1 Å². The molecule has 2 heteroatoms. The van der Waals surface area contributed by atoms with Gasteiger partial charge in [0, 0.05) is 17.1 Å². The molecular weight excluding hydrogens is 498 g/mol. The van der Waals surface area contributed by atoms with Gasteiger partial charge < -0.3 is 9.64 Å². The van der Waals surface area contributed by atoms with Gasteiger partial charge in [0.1, 0.15) is 5.75 Å². The number of ether oxygens (including phenoxy) is 1. The molecule has 0 unspecified atom stereocenters. The lowest BCUT2D eigenvalue weighted by Gasteiger charge is -2.35. The van der Waals surface area contributed by atoms with Crippen molar-refractivity contribution >= 4 is 17.1 Å². The van der Waals surface area contributed by atoms with Gasteiger partial charge in [0.25, 0.3) is 0 Å². The molecule has 0 atom stereocenters. The van der Waals surface area contributed by atoms with Crippen LogP contribution in [0, 0.1) is 6.92 Å². The highest BCUT2D eigenvalue weighted by molar-refractivity contribution is 5.89. The molecule has 0 aromatic heterocycles. The molecule has 0 bridgehead atoms. The maximum Gasteiger partial charge on any atom is 0.119 e. The number of rotatable bonds is 6. The first-order valence-electron chi connectivity index (χ1n) is 14.1. The highest BCUT2D eigenvalue weighted by atomic mass is 16.5. The van der Waals surface area contributed by atoms with Crippen LogP contribution in [0.2, 0.25) is 0 Å². The third-order valence-corrected chi connectivity index (χ3v) is 8.36. The van der Waals surface area contributed by atoms with Gasteiger partial charge in [-0.1, -0.05) is 109 Å². The predicted molar refractivity (Wildman–Crippen MR) is 170 cm³/mol. The maximum atomic E-state index is 5.54. The minimum absolute atomic E-state index is 0.443. The number of hydrogen-bond acceptors (Lipinski definition) is 2. The summed E-state index contributed by atoms with van der Waals surface area (Å²) in [6.07, 6.45) is 0. The largest absolute Gasteiger partial charge is 0.497 e. The van der Waals surface area contributed by atoms with Crippen LogP contribution < -0.4 is 9.64 Å². The Balaban J connectivity index is 1.54. The van der Waals surface area contributed by atoms with Crippen molar-refractivity contribution in [3.05, 3.63) is 179 Å². The number of nitrogens with zero attached hydrogens (tertiary/aromatic N) is 1. The van der Waals surface area contributed by atoms with Gasteiger partial charge in [0.2, 0.25) is 0 Å². The van der Waals surface area contributed by atoms with Crippen molar-refractivity contribution in [2.24, 2.45) is 0 Å². The van der Waals surface area contributed by atoms with Crippen molar-refractivity contribution in [1.29, 1.82) is 0 Å². The van der Waals surface area contributed by atoms with E-state index < -0.39 is 5.41 Å². The molecule has 198 valence electrons. The topological polar surface area (TPSA) is 12.5 Å². The summed E-state index contributed by atoms with van der Waals surface area (Å²) in [4.78, 5) is 2.36. The number of hydrogen-bond donors (Lipinski definition) is 0. The molecule has 0 radical (unpaired) electrons. The lowest BCUT2D eigenvalue weighted by atomic mass is 9.67. The Morgan fingerprint density at radius 3 is 1.73 bits per heavy atom. The van der Waals surface area contributed by atoms with E-state index in [-0.39, 0.29) is 0 Å². The molecule has 0 heterocycles. The minimum Gasteiger partial charge on any atom is -0.497 e. The second-order valence-electron chi connectivity index (χ2n) is 10.6. The fourth-order valence-corrected chi connectivity index (χ4v) is 6.58. The quantitative estimate of drug-likeness (QED) is 0.213. The van der Waals surface area contributed by atoms with Crippen molar-refractivity contribution in [2.45, 2.75) is 12.3 Å². The summed E-state index contributed by atoms with van der Waals surface area (Å²) < 4.78 is 5.54. The van der Waals surface area contributed by atoms with Crippen molar-refractivity contribution in [3.8, 4) is 16.9 Å². The molecule has 0 saturated carbocycles. The molecule has 0 saturated heterocycles. The van der Waals surface area contributed by atoms with Gasteiger partial charge in [-0.25, -0.2) is 0 Å². The number of benzene rings is 6. The Labute approximate surface area is 242 Å². The molecule has 2 nitrogen and oxygen atoms in total. The third-order valence-electron chi connectivity index (χ3n) is 8.36. The molecule has 6 aromatic rings. The van der Waals surface area contributed by atoms with E-state index in [0.717, 1.165) is 28.4 Å². The Bertz CT molecular complexity index is 1790. The van der Waals surface area contributed by atoms with Crippen LogP contribution in [-0.2, 0) is 5.41 Å². The van der Waals surface area contributed by atoms with Crippen LogP contribution in [0.15, 0.2) is 152 Å². The molecule has 0 spiro atoms. The van der Waals surface area contributed by atoms with Gasteiger partial charge in [0.15, 0.2) is 0 Å². The number of para-hydroxylation sites is 1. The Kier molecular flexibility index (Phi) is 6.17. The van der Waals surface area contributed by atoms with Crippen molar-refractivity contribution < 1.29 is 4.74 Å². The van der Waals surface area contributed by atoms with Crippen LogP contribution in [-0.4, -0.2) is 7.11 Å². The van der Waals surface area contributed by atoms with Crippen LogP contribution >= 0.6 is 0 Å². The standard InChI is InChI=1S/C39H31NO/c1-28-26-33(41-2)23-25-38(28)40(31-18-10-5-11-19-31)32-22-24-35-34-20-12-13-21-36(34)39(37(35)27-32,29-14-6-3-7-15-29)30-16-8-4-9-17-30/h3-27H,1-2H3. The first-order chi connectivity index (χ1) is 20.2. The Morgan fingerprint density at radius 1 is 0.512 bits per heavy atom. The van der Waals surface area contributed by atoms with E-state index in [9.17, 15) is 0 Å². The monoisotopic (exact) mass is 529 g/mol. The second kappa shape index (κ2) is 10.1. The van der Waals surface area contributed by atoms with Gasteiger partial charge in [-0.15, -0.1) is 0 Å². The number of methoxy groups -OCH3 is 1. The summed E-state index contributed by atoms with van der Waals surface area (Å²) in [5.41, 5.74) is 11.8. The highest BCUT2D eigenvalue weighted by Gasteiger charge is 2.46. The van der Waals surface area contributed by atoms with Gasteiger partial charge in [0.05, 0.1) is 12.5 Å². The first-order valence-corrected chi connectivity index (χ1v) is 14.1. The van der Waals surface area contributed by atoms with E-state index in [1.165, 1.54) is 33.4 Å². The summed E-state index contributed by atoms with van der Waals surface area (Å²) >= 11 is 0. The molecule has 0 aliphatic heterocycles. The number of anilines is 3. The van der Waals surface area contributed by atoms with Crippen molar-refractivity contribution in [2.75, 3.05) is 12.0 Å². The SMILES string of the molecule is COc1ccc(N(c2ccccc2)c2ccc3c(c2)C(c2ccccc2)(c2ccccc2)c2ccccc2-3)c(C)c1. The van der Waals surface area contributed by atoms with E-state index in [4.69, 9.17) is 4.74 Å². The normalized spacial score (nSPS) is 12.8. The lowest BCUT2D eigenvalue weighted by Crippen LogP contribution is -2.28. The smallest absolute Gasteiger partial charge is 0.119 e. The second-order valence-corrected chi connectivity index (χ2v) is 10.6. The predicted octanol–water partition coefficient (Wildman–Crippen LogP) is 9.84. The average molecular weight is 530 g/mol. The summed E-state index contributed by atoms with van der Waals surface area (Å²) in [5, 5.41) is 0. The summed E-state index contributed by atoms with van der Waals surface area (Å²) in [5.74, 6) is 0.857. The fraction of sp³-hybridized carbons (Fsp3) is 0.0769. The zero-order valence-corrected chi connectivity index (χ0v) is 23.3. The Hall–Kier alpha value is -5.08. The molecule has 0 fully saturated rings. The van der Waals surface area contributed by atoms with Crippen molar-refractivity contribution in [1.82, 2.24) is 0 Å². The van der Waals surface area contributed by atoms with E-state index in [1.54, 1.807) is 7.11 Å². The number of fused-ring (bicyclic) bond motifs is 3. The molecule has 7 rings (SSSR count). The fourth-order valence-electron chi connectivity index (χ4n) is 6.58. The minimum atomic E-state index is -0.443. The Morgan fingerprint density at radius 2 is 1.10 bits per heavy atom. The molecule has 1 aliphatic carbocycles. The molecule has 1 aliphatic rings. The zero-order valence-electron chi connectivity index (χ0n) is 23.3. The van der Waals surface area contributed by atoms with Crippen LogP contribution in [0.1, 0.15) is 27.8 Å². The zero-order chi connectivity index (χ0) is 27.8. The molecule has 6 aromatic carbocycles. The van der Waals surface area contributed by atoms with E-state index >= 15 is 0 Å². The first kappa shape index (κ1) is 24.9. The molecule has 41 heavy (non-hydrogen) atoms. The maximum absolute atomic E-state index is 5.54.